The number of carbonyl (C=O) groups is 1. The number of nitrogens with zero attached hydrogens (tertiary/aromatic N) is 2. The van der Waals surface area contributed by atoms with E-state index in [1.54, 1.807) is 24.0 Å². The molecule has 0 bridgehead atoms. The highest BCUT2D eigenvalue weighted by Crippen LogP contribution is 2.21. The summed E-state index contributed by atoms with van der Waals surface area (Å²) in [6.07, 6.45) is 3.85. The summed E-state index contributed by atoms with van der Waals surface area (Å²) < 4.78 is 7.50. The van der Waals surface area contributed by atoms with Crippen molar-refractivity contribution in [3.05, 3.63) is 40.0 Å². The van der Waals surface area contributed by atoms with E-state index in [0.29, 0.717) is 27.9 Å². The van der Waals surface area contributed by atoms with Crippen LogP contribution in [0.15, 0.2) is 27.4 Å². The fourth-order valence-electron chi connectivity index (χ4n) is 1.61. The number of hydrogen-bond acceptors (Lipinski definition) is 3. The number of hydrogen-bond donors (Lipinski definition) is 0. The molecule has 0 aliphatic heterocycles. The van der Waals surface area contributed by atoms with Gasteiger partial charge in [0.15, 0.2) is 0 Å². The minimum absolute atomic E-state index is 0.0718. The summed E-state index contributed by atoms with van der Waals surface area (Å²) in [5.74, 6) is 0.635. The van der Waals surface area contributed by atoms with Crippen LogP contribution in [0.1, 0.15) is 28.7 Å². The number of rotatable bonds is 3. The Hall–Kier alpha value is -1.36. The fourth-order valence-corrected chi connectivity index (χ4v) is 2.14. The second-order valence-electron chi connectivity index (χ2n) is 3.40. The first-order chi connectivity index (χ1) is 7.65. The van der Waals surface area contributed by atoms with Gasteiger partial charge in [0, 0.05) is 13.5 Å². The molecule has 0 amide bonds. The van der Waals surface area contributed by atoms with Crippen molar-refractivity contribution in [1.29, 1.82) is 0 Å². The zero-order chi connectivity index (χ0) is 11.7. The number of aromatic nitrogens is 2. The van der Waals surface area contributed by atoms with Gasteiger partial charge in [0.25, 0.3) is 0 Å². The van der Waals surface area contributed by atoms with Crippen LogP contribution in [0.25, 0.3) is 0 Å². The van der Waals surface area contributed by atoms with Crippen LogP contribution in [0.4, 0.5) is 0 Å². The molecule has 0 aliphatic rings. The summed E-state index contributed by atoms with van der Waals surface area (Å²) in [7, 11) is 1.74. The fraction of sp³-hybridized carbons (Fsp3) is 0.273. The highest BCUT2D eigenvalue weighted by atomic mass is 79.9. The van der Waals surface area contributed by atoms with Crippen LogP contribution in [0.3, 0.4) is 0 Å². The van der Waals surface area contributed by atoms with E-state index in [2.05, 4.69) is 21.0 Å². The van der Waals surface area contributed by atoms with Crippen LogP contribution in [0.2, 0.25) is 0 Å². The molecule has 0 saturated carbocycles. The van der Waals surface area contributed by atoms with E-state index in [4.69, 9.17) is 4.42 Å². The smallest absolute Gasteiger partial charge is 0.215 e. The molecular formula is C11H11BrN2O2. The number of aryl methyl sites for hydroxylation is 2. The topological polar surface area (TPSA) is 48.0 Å². The summed E-state index contributed by atoms with van der Waals surface area (Å²) in [4.78, 5) is 12.2. The molecule has 0 aromatic carbocycles. The van der Waals surface area contributed by atoms with Crippen LogP contribution in [-0.4, -0.2) is 15.6 Å². The second kappa shape index (κ2) is 4.25. The van der Waals surface area contributed by atoms with Crippen molar-refractivity contribution in [2.45, 2.75) is 13.3 Å². The molecule has 2 aromatic heterocycles. The molecule has 0 fully saturated rings. The van der Waals surface area contributed by atoms with Gasteiger partial charge in [-0.2, -0.15) is 5.10 Å². The normalized spacial score (nSPS) is 10.7. The number of furan rings is 1. The van der Waals surface area contributed by atoms with E-state index in [1.807, 2.05) is 6.92 Å². The van der Waals surface area contributed by atoms with Gasteiger partial charge in [0.05, 0.1) is 22.5 Å². The Morgan fingerprint density at radius 3 is 2.94 bits per heavy atom. The third-order valence-electron chi connectivity index (χ3n) is 2.42. The van der Waals surface area contributed by atoms with Crippen LogP contribution in [0, 0.1) is 0 Å². The van der Waals surface area contributed by atoms with E-state index in [1.165, 1.54) is 6.26 Å². The lowest BCUT2D eigenvalue weighted by atomic mass is 10.1. The zero-order valence-electron chi connectivity index (χ0n) is 9.03. The lowest BCUT2D eigenvalue weighted by Gasteiger charge is -2.01. The third kappa shape index (κ3) is 1.71. The summed E-state index contributed by atoms with van der Waals surface area (Å²) in [5, 5.41) is 4.02. The van der Waals surface area contributed by atoms with E-state index in [0.717, 1.165) is 0 Å². The molecule has 0 aliphatic carbocycles. The molecule has 5 heteroatoms. The molecule has 0 saturated heterocycles. The average Bonchev–Trinajstić information content (AvgIpc) is 2.85. The van der Waals surface area contributed by atoms with Gasteiger partial charge in [-0.1, -0.05) is 6.92 Å². The van der Waals surface area contributed by atoms with Crippen molar-refractivity contribution in [1.82, 2.24) is 9.78 Å². The van der Waals surface area contributed by atoms with Gasteiger partial charge in [-0.05, 0) is 22.0 Å². The monoisotopic (exact) mass is 282 g/mol. The second-order valence-corrected chi connectivity index (χ2v) is 4.26. The van der Waals surface area contributed by atoms with Crippen molar-refractivity contribution in [2.24, 2.45) is 7.05 Å². The maximum atomic E-state index is 12.2. The molecule has 16 heavy (non-hydrogen) atoms. The summed E-state index contributed by atoms with van der Waals surface area (Å²) >= 11 is 3.31. The van der Waals surface area contributed by atoms with Gasteiger partial charge in [-0.3, -0.25) is 9.48 Å². The lowest BCUT2D eigenvalue weighted by Crippen LogP contribution is -2.09. The third-order valence-corrected chi connectivity index (χ3v) is 3.00. The van der Waals surface area contributed by atoms with Gasteiger partial charge in [0.2, 0.25) is 5.78 Å². The predicted octanol–water partition coefficient (Wildman–Crippen LogP) is 2.57. The van der Waals surface area contributed by atoms with Gasteiger partial charge in [0.1, 0.15) is 11.5 Å². The molecule has 2 rings (SSSR count). The first kappa shape index (κ1) is 11.1. The Balaban J connectivity index is 2.47. The number of carbonyl (C=O) groups excluding carboxylic acids is 1. The standard InChI is InChI=1S/C11H11BrN2O2/c1-3-9-7(4-5-16-9)11(15)10-8(12)6-13-14(10)2/h4-6H,3H2,1-2H3. The van der Waals surface area contributed by atoms with Crippen LogP contribution in [0.5, 0.6) is 0 Å². The highest BCUT2D eigenvalue weighted by molar-refractivity contribution is 9.10. The maximum Gasteiger partial charge on any atom is 0.215 e. The number of ketones is 1. The predicted molar refractivity (Wildman–Crippen MR) is 62.4 cm³/mol. The largest absolute Gasteiger partial charge is 0.469 e. The average molecular weight is 283 g/mol. The molecule has 0 N–H and O–H groups in total. The molecule has 0 atom stereocenters. The first-order valence-corrected chi connectivity index (χ1v) is 5.73. The van der Waals surface area contributed by atoms with Crippen molar-refractivity contribution in [2.75, 3.05) is 0 Å². The van der Waals surface area contributed by atoms with Gasteiger partial charge >= 0.3 is 0 Å². The molecular weight excluding hydrogens is 272 g/mol. The zero-order valence-corrected chi connectivity index (χ0v) is 10.6. The van der Waals surface area contributed by atoms with Crippen molar-refractivity contribution in [3.8, 4) is 0 Å². The molecule has 2 heterocycles. The summed E-state index contributed by atoms with van der Waals surface area (Å²) in [6, 6.07) is 1.70. The van der Waals surface area contributed by atoms with Crippen molar-refractivity contribution < 1.29 is 9.21 Å². The Bertz CT molecular complexity index is 508. The molecule has 2 aromatic rings. The quantitative estimate of drug-likeness (QED) is 0.813. The summed E-state index contributed by atoms with van der Waals surface area (Å²) in [5.41, 5.74) is 1.14. The van der Waals surface area contributed by atoms with Crippen LogP contribution >= 0.6 is 15.9 Å². The Morgan fingerprint density at radius 2 is 2.38 bits per heavy atom. The van der Waals surface area contributed by atoms with E-state index < -0.39 is 0 Å². The van der Waals surface area contributed by atoms with Crippen LogP contribution in [-0.2, 0) is 13.5 Å². The minimum Gasteiger partial charge on any atom is -0.469 e. The molecule has 4 nitrogen and oxygen atoms in total. The van der Waals surface area contributed by atoms with Crippen molar-refractivity contribution in [3.63, 3.8) is 0 Å². The summed E-state index contributed by atoms with van der Waals surface area (Å²) in [6.45, 7) is 1.95. The van der Waals surface area contributed by atoms with Crippen molar-refractivity contribution >= 4 is 21.7 Å². The van der Waals surface area contributed by atoms with E-state index in [9.17, 15) is 4.79 Å². The molecule has 84 valence electrons. The van der Waals surface area contributed by atoms with Gasteiger partial charge < -0.3 is 4.42 Å². The SMILES string of the molecule is CCc1occc1C(=O)c1c(Br)cnn1C. The van der Waals surface area contributed by atoms with E-state index >= 15 is 0 Å². The molecule has 0 radical (unpaired) electrons. The first-order valence-electron chi connectivity index (χ1n) is 4.93. The Morgan fingerprint density at radius 1 is 1.62 bits per heavy atom. The molecule has 0 spiro atoms. The Labute approximate surface area is 101 Å². The minimum atomic E-state index is -0.0718. The Kier molecular flexibility index (Phi) is 2.96. The lowest BCUT2D eigenvalue weighted by molar-refractivity contribution is 0.102. The van der Waals surface area contributed by atoms with Gasteiger partial charge in [-0.15, -0.1) is 0 Å². The highest BCUT2D eigenvalue weighted by Gasteiger charge is 2.21. The maximum absolute atomic E-state index is 12.2. The van der Waals surface area contributed by atoms with Crippen LogP contribution < -0.4 is 0 Å². The molecule has 0 unspecified atom stereocenters. The van der Waals surface area contributed by atoms with Gasteiger partial charge in [-0.25, -0.2) is 0 Å². The number of halogens is 1. The van der Waals surface area contributed by atoms with E-state index in [-0.39, 0.29) is 5.78 Å².